The summed E-state index contributed by atoms with van der Waals surface area (Å²) in [5, 5.41) is 6.27. The largest absolute Gasteiger partial charge is 0.370 e. The minimum Gasteiger partial charge on any atom is -0.370 e. The molecular weight excluding hydrogens is 256 g/mol. The molecule has 0 aliphatic rings. The number of rotatable bonds is 6. The fourth-order valence-corrected chi connectivity index (χ4v) is 2.51. The average molecular weight is 276 g/mol. The lowest BCUT2D eigenvalue weighted by Crippen LogP contribution is -2.05. The summed E-state index contributed by atoms with van der Waals surface area (Å²) >= 11 is 1.60. The molecule has 0 fully saturated rings. The molecule has 102 valence electrons. The Hall–Kier alpha value is -1.49. The van der Waals surface area contributed by atoms with Gasteiger partial charge in [-0.3, -0.25) is 0 Å². The summed E-state index contributed by atoms with van der Waals surface area (Å²) in [6.45, 7) is 7.23. The molecule has 2 aromatic rings. The van der Waals surface area contributed by atoms with E-state index < -0.39 is 0 Å². The molecule has 0 radical (unpaired) electrons. The molecule has 0 aromatic carbocycles. The Balaban J connectivity index is 2.33. The van der Waals surface area contributed by atoms with E-state index in [1.165, 1.54) is 0 Å². The molecule has 0 atom stereocenters. The highest BCUT2D eigenvalue weighted by Crippen LogP contribution is 2.22. The van der Waals surface area contributed by atoms with E-state index in [2.05, 4.69) is 34.1 Å². The third-order valence-electron chi connectivity index (χ3n) is 2.65. The summed E-state index contributed by atoms with van der Waals surface area (Å²) in [5.74, 6) is 1.64. The summed E-state index contributed by atoms with van der Waals surface area (Å²) in [5.41, 5.74) is 2.10. The molecule has 1 N–H and O–H groups in total. The number of thiazole rings is 1. The lowest BCUT2D eigenvalue weighted by Gasteiger charge is -2.07. The van der Waals surface area contributed by atoms with Gasteiger partial charge in [-0.05, 0) is 19.8 Å². The quantitative estimate of drug-likeness (QED) is 0.874. The van der Waals surface area contributed by atoms with Crippen LogP contribution >= 0.6 is 11.3 Å². The predicted octanol–water partition coefficient (Wildman–Crippen LogP) is 3.68. The van der Waals surface area contributed by atoms with E-state index in [0.29, 0.717) is 0 Å². The maximum Gasteiger partial charge on any atom is 0.190 e. The fourth-order valence-electron chi connectivity index (χ4n) is 1.78. The molecule has 2 rings (SSSR count). The molecule has 0 saturated carbocycles. The third kappa shape index (κ3) is 3.73. The zero-order chi connectivity index (χ0) is 13.7. The molecule has 19 heavy (non-hydrogen) atoms. The van der Waals surface area contributed by atoms with Gasteiger partial charge in [-0.25, -0.2) is 15.0 Å². The molecule has 0 aliphatic carbocycles. The maximum atomic E-state index is 4.61. The smallest absolute Gasteiger partial charge is 0.190 e. The number of nitrogens with zero attached hydrogens (tertiary/aromatic N) is 3. The van der Waals surface area contributed by atoms with Crippen LogP contribution in [0.2, 0.25) is 0 Å². The van der Waals surface area contributed by atoms with E-state index in [9.17, 15) is 0 Å². The van der Waals surface area contributed by atoms with Crippen molar-refractivity contribution >= 4 is 17.2 Å². The first-order chi connectivity index (χ1) is 9.22. The van der Waals surface area contributed by atoms with Gasteiger partial charge in [0.2, 0.25) is 0 Å². The second kappa shape index (κ2) is 6.61. The molecule has 2 heterocycles. The van der Waals surface area contributed by atoms with E-state index in [1.54, 1.807) is 11.3 Å². The van der Waals surface area contributed by atoms with Gasteiger partial charge in [-0.15, -0.1) is 11.3 Å². The molecular formula is C14H20N4S. The zero-order valence-corrected chi connectivity index (χ0v) is 12.5. The van der Waals surface area contributed by atoms with Crippen molar-refractivity contribution in [3.05, 3.63) is 22.8 Å². The van der Waals surface area contributed by atoms with Gasteiger partial charge in [0.05, 0.1) is 0 Å². The van der Waals surface area contributed by atoms with E-state index in [0.717, 1.165) is 53.8 Å². The molecule has 2 aromatic heterocycles. The van der Waals surface area contributed by atoms with Crippen molar-refractivity contribution in [2.75, 3.05) is 11.9 Å². The first-order valence-electron chi connectivity index (χ1n) is 6.77. The standard InChI is InChI=1S/C14H20N4S/c1-4-6-11-8-12(15-7-5-2)18-13(17-11)14-16-10(3)9-19-14/h8-9H,4-7H2,1-3H3,(H,15,17,18). The Morgan fingerprint density at radius 1 is 1.16 bits per heavy atom. The van der Waals surface area contributed by atoms with Crippen molar-refractivity contribution in [3.8, 4) is 10.8 Å². The molecule has 0 bridgehead atoms. The van der Waals surface area contributed by atoms with Gasteiger partial charge in [-0.2, -0.15) is 0 Å². The topological polar surface area (TPSA) is 50.7 Å². The van der Waals surface area contributed by atoms with Crippen LogP contribution in [0.3, 0.4) is 0 Å². The average Bonchev–Trinajstić information content (AvgIpc) is 2.83. The van der Waals surface area contributed by atoms with E-state index in [-0.39, 0.29) is 0 Å². The van der Waals surface area contributed by atoms with Crippen LogP contribution in [0.4, 0.5) is 5.82 Å². The molecule has 0 unspecified atom stereocenters. The minimum atomic E-state index is 0.739. The fraction of sp³-hybridized carbons (Fsp3) is 0.500. The van der Waals surface area contributed by atoms with Crippen LogP contribution in [0.1, 0.15) is 38.1 Å². The number of aryl methyl sites for hydroxylation is 2. The first kappa shape index (κ1) is 13.9. The van der Waals surface area contributed by atoms with Gasteiger partial charge in [0.15, 0.2) is 10.8 Å². The highest BCUT2D eigenvalue weighted by Gasteiger charge is 2.09. The van der Waals surface area contributed by atoms with Crippen LogP contribution in [0.15, 0.2) is 11.4 Å². The van der Waals surface area contributed by atoms with Gasteiger partial charge in [0, 0.05) is 29.4 Å². The Bertz CT molecular complexity index is 536. The van der Waals surface area contributed by atoms with Crippen LogP contribution in [0.5, 0.6) is 0 Å². The second-order valence-corrected chi connectivity index (χ2v) is 5.40. The highest BCUT2D eigenvalue weighted by atomic mass is 32.1. The van der Waals surface area contributed by atoms with Gasteiger partial charge in [0.25, 0.3) is 0 Å². The van der Waals surface area contributed by atoms with E-state index in [1.807, 2.05) is 18.4 Å². The molecule has 0 aliphatic heterocycles. The lowest BCUT2D eigenvalue weighted by molar-refractivity contribution is 0.871. The normalized spacial score (nSPS) is 10.7. The van der Waals surface area contributed by atoms with Crippen LogP contribution in [0, 0.1) is 6.92 Å². The van der Waals surface area contributed by atoms with Gasteiger partial charge < -0.3 is 5.32 Å². The van der Waals surface area contributed by atoms with Crippen LogP contribution in [-0.4, -0.2) is 21.5 Å². The number of hydrogen-bond acceptors (Lipinski definition) is 5. The monoisotopic (exact) mass is 276 g/mol. The second-order valence-electron chi connectivity index (χ2n) is 4.54. The van der Waals surface area contributed by atoms with Crippen LogP contribution in [-0.2, 0) is 6.42 Å². The van der Waals surface area contributed by atoms with Crippen LogP contribution in [0.25, 0.3) is 10.8 Å². The molecule has 5 heteroatoms. The number of hydrogen-bond donors (Lipinski definition) is 1. The van der Waals surface area contributed by atoms with Crippen molar-refractivity contribution in [2.24, 2.45) is 0 Å². The summed E-state index contributed by atoms with van der Waals surface area (Å²) in [4.78, 5) is 13.6. The minimum absolute atomic E-state index is 0.739. The highest BCUT2D eigenvalue weighted by molar-refractivity contribution is 7.13. The summed E-state index contributed by atoms with van der Waals surface area (Å²) in [6.07, 6.45) is 3.14. The Morgan fingerprint density at radius 2 is 2.00 bits per heavy atom. The molecule has 0 amide bonds. The van der Waals surface area contributed by atoms with Crippen molar-refractivity contribution in [1.29, 1.82) is 0 Å². The third-order valence-corrected chi connectivity index (χ3v) is 3.61. The van der Waals surface area contributed by atoms with Gasteiger partial charge >= 0.3 is 0 Å². The van der Waals surface area contributed by atoms with Crippen molar-refractivity contribution < 1.29 is 0 Å². The Morgan fingerprint density at radius 3 is 2.63 bits per heavy atom. The predicted molar refractivity (Wildman–Crippen MR) is 80.7 cm³/mol. The van der Waals surface area contributed by atoms with E-state index in [4.69, 9.17) is 0 Å². The summed E-state index contributed by atoms with van der Waals surface area (Å²) in [7, 11) is 0. The maximum absolute atomic E-state index is 4.61. The molecule has 0 spiro atoms. The Labute approximate surface area is 118 Å². The summed E-state index contributed by atoms with van der Waals surface area (Å²) < 4.78 is 0. The number of nitrogens with one attached hydrogen (secondary N) is 1. The molecule has 0 saturated heterocycles. The van der Waals surface area contributed by atoms with Crippen LogP contribution < -0.4 is 5.32 Å². The summed E-state index contributed by atoms with van der Waals surface area (Å²) in [6, 6.07) is 2.04. The number of aromatic nitrogens is 3. The Kier molecular flexibility index (Phi) is 4.85. The van der Waals surface area contributed by atoms with Crippen molar-refractivity contribution in [1.82, 2.24) is 15.0 Å². The molecule has 4 nitrogen and oxygen atoms in total. The van der Waals surface area contributed by atoms with Crippen molar-refractivity contribution in [2.45, 2.75) is 40.0 Å². The number of anilines is 1. The zero-order valence-electron chi connectivity index (χ0n) is 11.7. The van der Waals surface area contributed by atoms with E-state index >= 15 is 0 Å². The van der Waals surface area contributed by atoms with Crippen molar-refractivity contribution in [3.63, 3.8) is 0 Å². The van der Waals surface area contributed by atoms with Gasteiger partial charge in [-0.1, -0.05) is 20.3 Å². The SMILES string of the molecule is CCCNc1cc(CCC)nc(-c2nc(C)cs2)n1. The lowest BCUT2D eigenvalue weighted by atomic mass is 10.2. The van der Waals surface area contributed by atoms with Gasteiger partial charge in [0.1, 0.15) is 5.82 Å². The first-order valence-corrected chi connectivity index (χ1v) is 7.65.